The summed E-state index contributed by atoms with van der Waals surface area (Å²) in [7, 11) is 1.50. The van der Waals surface area contributed by atoms with Crippen LogP contribution in [-0.4, -0.2) is 70.2 Å². The Balaban J connectivity index is 1.82. The fourth-order valence-electron chi connectivity index (χ4n) is 2.95. The van der Waals surface area contributed by atoms with Crippen LogP contribution in [0.5, 0.6) is 0 Å². The highest BCUT2D eigenvalue weighted by molar-refractivity contribution is 5.93. The van der Waals surface area contributed by atoms with Crippen molar-refractivity contribution in [2.45, 2.75) is 18.9 Å². The first-order chi connectivity index (χ1) is 11.9. The van der Waals surface area contributed by atoms with Crippen molar-refractivity contribution in [1.29, 1.82) is 0 Å². The second-order valence-electron chi connectivity index (χ2n) is 6.45. The van der Waals surface area contributed by atoms with Crippen LogP contribution < -0.4 is 5.32 Å². The molecule has 1 saturated heterocycles. The summed E-state index contributed by atoms with van der Waals surface area (Å²) < 4.78 is 7.20. The summed E-state index contributed by atoms with van der Waals surface area (Å²) in [6.07, 6.45) is 3.44. The van der Waals surface area contributed by atoms with Crippen molar-refractivity contribution < 1.29 is 19.4 Å². The molecule has 3 heterocycles. The second kappa shape index (κ2) is 6.81. The van der Waals surface area contributed by atoms with Crippen LogP contribution in [0, 0.1) is 6.92 Å². The van der Waals surface area contributed by atoms with Gasteiger partial charge in [0.25, 0.3) is 5.91 Å². The van der Waals surface area contributed by atoms with Crippen molar-refractivity contribution >= 4 is 17.5 Å². The van der Waals surface area contributed by atoms with Gasteiger partial charge in [-0.15, -0.1) is 0 Å². The van der Waals surface area contributed by atoms with Crippen LogP contribution in [0.4, 0.5) is 0 Å². The molecule has 1 atom stereocenters. The normalized spacial score (nSPS) is 21.2. The van der Waals surface area contributed by atoms with Crippen molar-refractivity contribution in [3.05, 3.63) is 35.8 Å². The van der Waals surface area contributed by atoms with E-state index in [1.165, 1.54) is 11.9 Å². The van der Waals surface area contributed by atoms with Gasteiger partial charge < -0.3 is 24.5 Å². The highest BCUT2D eigenvalue weighted by atomic mass is 16.5. The number of hydrogen-bond acceptors (Lipinski definition) is 5. The molecule has 25 heavy (non-hydrogen) atoms. The van der Waals surface area contributed by atoms with Gasteiger partial charge in [0.05, 0.1) is 26.2 Å². The molecule has 2 amide bonds. The van der Waals surface area contributed by atoms with Gasteiger partial charge in [-0.2, -0.15) is 0 Å². The summed E-state index contributed by atoms with van der Waals surface area (Å²) in [5.41, 5.74) is 0.629. The maximum atomic E-state index is 12.8. The molecule has 2 N–H and O–H groups in total. The Labute approximate surface area is 145 Å². The van der Waals surface area contributed by atoms with Gasteiger partial charge in [0.1, 0.15) is 16.9 Å². The van der Waals surface area contributed by atoms with Gasteiger partial charge >= 0.3 is 0 Å². The monoisotopic (exact) mass is 346 g/mol. The van der Waals surface area contributed by atoms with Crippen molar-refractivity contribution in [3.63, 3.8) is 0 Å². The molecule has 1 aliphatic heterocycles. The SMILES string of the molecule is CNC(=O)C[C@]1(O)COCCN(C(=O)c2cn3cc(C)ccc3n2)C1. The van der Waals surface area contributed by atoms with Gasteiger partial charge in [-0.1, -0.05) is 6.07 Å². The molecule has 1 aliphatic rings. The molecule has 0 spiro atoms. The van der Waals surface area contributed by atoms with E-state index in [-0.39, 0.29) is 31.4 Å². The molecule has 0 unspecified atom stereocenters. The number of nitrogens with zero attached hydrogens (tertiary/aromatic N) is 3. The Hall–Kier alpha value is -2.45. The largest absolute Gasteiger partial charge is 0.385 e. The summed E-state index contributed by atoms with van der Waals surface area (Å²) in [5, 5.41) is 13.2. The number of aryl methyl sites for hydroxylation is 1. The Morgan fingerprint density at radius 2 is 2.20 bits per heavy atom. The van der Waals surface area contributed by atoms with Gasteiger partial charge in [0.15, 0.2) is 0 Å². The van der Waals surface area contributed by atoms with E-state index < -0.39 is 5.60 Å². The predicted molar refractivity (Wildman–Crippen MR) is 90.3 cm³/mol. The van der Waals surface area contributed by atoms with Gasteiger partial charge in [0.2, 0.25) is 5.91 Å². The maximum Gasteiger partial charge on any atom is 0.274 e. The zero-order valence-corrected chi connectivity index (χ0v) is 14.4. The topological polar surface area (TPSA) is 96.2 Å². The van der Waals surface area contributed by atoms with E-state index in [9.17, 15) is 14.7 Å². The standard InChI is InChI=1S/C17H22N4O4/c1-12-3-4-14-19-13(9-21(14)8-12)16(23)20-5-6-25-11-17(24,10-20)7-15(22)18-2/h3-4,8-9,24H,5-7,10-11H2,1-2H3,(H,18,22)/t17-/m1/s1. The molecule has 8 heteroatoms. The molecule has 3 rings (SSSR count). The minimum atomic E-state index is -1.41. The molecule has 134 valence electrons. The van der Waals surface area contributed by atoms with E-state index in [4.69, 9.17) is 4.74 Å². The molecule has 0 radical (unpaired) electrons. The summed E-state index contributed by atoms with van der Waals surface area (Å²) >= 11 is 0. The fraction of sp³-hybridized carbons (Fsp3) is 0.471. The smallest absolute Gasteiger partial charge is 0.274 e. The first-order valence-corrected chi connectivity index (χ1v) is 8.15. The first kappa shape index (κ1) is 17.4. The van der Waals surface area contributed by atoms with E-state index in [0.717, 1.165) is 5.56 Å². The van der Waals surface area contributed by atoms with Crippen LogP contribution >= 0.6 is 0 Å². The number of rotatable bonds is 3. The number of nitrogens with one attached hydrogen (secondary N) is 1. The number of aromatic nitrogens is 2. The van der Waals surface area contributed by atoms with Crippen molar-refractivity contribution in [3.8, 4) is 0 Å². The van der Waals surface area contributed by atoms with Crippen LogP contribution in [0.25, 0.3) is 5.65 Å². The average Bonchev–Trinajstić information content (AvgIpc) is 2.89. The number of carbonyl (C=O) groups excluding carboxylic acids is 2. The number of pyridine rings is 1. The summed E-state index contributed by atoms with van der Waals surface area (Å²) in [6, 6.07) is 3.78. The van der Waals surface area contributed by atoms with Crippen molar-refractivity contribution in [2.75, 3.05) is 33.4 Å². The van der Waals surface area contributed by atoms with E-state index in [1.54, 1.807) is 10.6 Å². The highest BCUT2D eigenvalue weighted by Gasteiger charge is 2.37. The molecular weight excluding hydrogens is 324 g/mol. The van der Waals surface area contributed by atoms with Crippen LogP contribution in [0.15, 0.2) is 24.5 Å². The lowest BCUT2D eigenvalue weighted by molar-refractivity contribution is -0.128. The van der Waals surface area contributed by atoms with E-state index in [2.05, 4.69) is 10.3 Å². The number of carbonyl (C=O) groups is 2. The van der Waals surface area contributed by atoms with Crippen molar-refractivity contribution in [1.82, 2.24) is 19.6 Å². The lowest BCUT2D eigenvalue weighted by atomic mass is 9.99. The second-order valence-corrected chi connectivity index (χ2v) is 6.45. The number of fused-ring (bicyclic) bond motifs is 1. The zero-order chi connectivity index (χ0) is 18.0. The molecule has 2 aromatic rings. The zero-order valence-electron chi connectivity index (χ0n) is 14.4. The third kappa shape index (κ3) is 3.80. The molecule has 0 aromatic carbocycles. The van der Waals surface area contributed by atoms with Crippen molar-refractivity contribution in [2.24, 2.45) is 0 Å². The third-order valence-electron chi connectivity index (χ3n) is 4.24. The molecule has 2 aromatic heterocycles. The van der Waals surface area contributed by atoms with Gasteiger partial charge in [-0.25, -0.2) is 4.98 Å². The van der Waals surface area contributed by atoms with E-state index in [1.807, 2.05) is 25.3 Å². The molecule has 0 aliphatic carbocycles. The lowest BCUT2D eigenvalue weighted by Gasteiger charge is -2.29. The average molecular weight is 346 g/mol. The number of β-amino-alcohol motifs (C(OH)–C–C–N with tert-alkyl or cyclic N) is 1. The Morgan fingerprint density at radius 3 is 2.96 bits per heavy atom. The van der Waals surface area contributed by atoms with Crippen LogP contribution in [0.3, 0.4) is 0 Å². The fourth-order valence-corrected chi connectivity index (χ4v) is 2.95. The van der Waals surface area contributed by atoms with Gasteiger partial charge in [-0.05, 0) is 18.6 Å². The number of imidazole rings is 1. The minimum absolute atomic E-state index is 0.00849. The summed E-state index contributed by atoms with van der Waals surface area (Å²) in [5.74, 6) is -0.592. The molecule has 0 bridgehead atoms. The van der Waals surface area contributed by atoms with E-state index >= 15 is 0 Å². The molecular formula is C17H22N4O4. The van der Waals surface area contributed by atoms with Crippen LogP contribution in [-0.2, 0) is 9.53 Å². The molecule has 0 saturated carbocycles. The molecule has 8 nitrogen and oxygen atoms in total. The summed E-state index contributed by atoms with van der Waals surface area (Å²) in [6.45, 7) is 2.63. The minimum Gasteiger partial charge on any atom is -0.385 e. The predicted octanol–water partition coefficient (Wildman–Crippen LogP) is -0.0177. The lowest BCUT2D eigenvalue weighted by Crippen LogP contribution is -2.49. The summed E-state index contributed by atoms with van der Waals surface area (Å²) in [4.78, 5) is 30.3. The number of ether oxygens (including phenoxy) is 1. The van der Waals surface area contributed by atoms with Gasteiger partial charge in [0, 0.05) is 26.0 Å². The maximum absolute atomic E-state index is 12.8. The van der Waals surface area contributed by atoms with Crippen LogP contribution in [0.1, 0.15) is 22.5 Å². The van der Waals surface area contributed by atoms with Gasteiger partial charge in [-0.3, -0.25) is 9.59 Å². The number of aliphatic hydroxyl groups is 1. The third-order valence-corrected chi connectivity index (χ3v) is 4.24. The number of amides is 2. The quantitative estimate of drug-likeness (QED) is 0.814. The van der Waals surface area contributed by atoms with Crippen LogP contribution in [0.2, 0.25) is 0 Å². The van der Waals surface area contributed by atoms with E-state index in [0.29, 0.717) is 24.5 Å². The highest BCUT2D eigenvalue weighted by Crippen LogP contribution is 2.19. The number of hydrogen-bond donors (Lipinski definition) is 2. The Morgan fingerprint density at radius 1 is 1.40 bits per heavy atom. The first-order valence-electron chi connectivity index (χ1n) is 8.15. The Kier molecular flexibility index (Phi) is 4.73. The molecule has 1 fully saturated rings. The Bertz CT molecular complexity index is 803.